The Kier molecular flexibility index (Phi) is 14.2. The molecule has 4 nitrogen and oxygen atoms in total. The molecule has 168 valence electrons. The van der Waals surface area contributed by atoms with Crippen molar-refractivity contribution >= 4 is 23.9 Å². The van der Waals surface area contributed by atoms with Gasteiger partial charge in [0.05, 0.1) is 17.4 Å². The van der Waals surface area contributed by atoms with Gasteiger partial charge in [-0.05, 0) is 57.6 Å². The van der Waals surface area contributed by atoms with Crippen LogP contribution in [0, 0.1) is 0 Å². The van der Waals surface area contributed by atoms with Crippen molar-refractivity contribution < 1.29 is 0 Å². The monoisotopic (exact) mass is 430 g/mol. The molecule has 5 heteroatoms. The van der Waals surface area contributed by atoms with Gasteiger partial charge in [0, 0.05) is 19.5 Å². The summed E-state index contributed by atoms with van der Waals surface area (Å²) in [7, 11) is 0. The lowest BCUT2D eigenvalue weighted by molar-refractivity contribution is 0.300. The number of likely N-dealkylation sites (N-methyl/N-ethyl adjacent to an activating group) is 1. The first-order chi connectivity index (χ1) is 14.5. The fourth-order valence-electron chi connectivity index (χ4n) is 3.11. The molecule has 0 aromatic carbocycles. The summed E-state index contributed by atoms with van der Waals surface area (Å²) >= 11 is 1.69. The molecule has 0 aromatic heterocycles. The van der Waals surface area contributed by atoms with Crippen LogP contribution in [0.3, 0.4) is 0 Å². The highest BCUT2D eigenvalue weighted by atomic mass is 32.2. The van der Waals surface area contributed by atoms with Crippen LogP contribution >= 0.6 is 11.8 Å². The Morgan fingerprint density at radius 2 is 2.20 bits per heavy atom. The summed E-state index contributed by atoms with van der Waals surface area (Å²) in [5.41, 5.74) is 1.39. The Morgan fingerprint density at radius 1 is 1.40 bits per heavy atom. The Labute approximate surface area is 189 Å². The van der Waals surface area contributed by atoms with Crippen LogP contribution in [0.25, 0.3) is 0 Å². The van der Waals surface area contributed by atoms with E-state index in [0.29, 0.717) is 0 Å². The van der Waals surface area contributed by atoms with Crippen molar-refractivity contribution in [2.45, 2.75) is 79.2 Å². The predicted molar refractivity (Wildman–Crippen MR) is 137 cm³/mol. The van der Waals surface area contributed by atoms with Gasteiger partial charge in [0.2, 0.25) is 0 Å². The zero-order valence-corrected chi connectivity index (χ0v) is 20.6. The topological polar surface area (TPSA) is 40.0 Å². The number of unbranched alkanes of at least 4 members (excludes halogenated alkanes) is 2. The van der Waals surface area contributed by atoms with Crippen LogP contribution in [-0.2, 0) is 0 Å². The molecule has 1 rings (SSSR count). The van der Waals surface area contributed by atoms with Crippen LogP contribution in [0.2, 0.25) is 0 Å². The number of nitrogens with one attached hydrogen (secondary N) is 1. The van der Waals surface area contributed by atoms with Gasteiger partial charge in [0.1, 0.15) is 5.84 Å². The highest BCUT2D eigenvalue weighted by Crippen LogP contribution is 2.29. The molecule has 30 heavy (non-hydrogen) atoms. The van der Waals surface area contributed by atoms with E-state index < -0.39 is 0 Å². The summed E-state index contributed by atoms with van der Waals surface area (Å²) in [6.45, 7) is 18.2. The molecular weight excluding hydrogens is 388 g/mol. The molecule has 1 heterocycles. The molecule has 0 spiro atoms. The molecule has 0 aliphatic carbocycles. The van der Waals surface area contributed by atoms with Crippen LogP contribution in [0.4, 0.5) is 0 Å². The number of nitrogens with zero attached hydrogens (tertiary/aromatic N) is 3. The summed E-state index contributed by atoms with van der Waals surface area (Å²) in [5.74, 6) is 0.991. The quantitative estimate of drug-likeness (QED) is 0.246. The van der Waals surface area contributed by atoms with E-state index in [9.17, 15) is 0 Å². The van der Waals surface area contributed by atoms with E-state index >= 15 is 0 Å². The van der Waals surface area contributed by atoms with Crippen molar-refractivity contribution in [3.05, 3.63) is 46.4 Å². The van der Waals surface area contributed by atoms with Gasteiger partial charge < -0.3 is 5.32 Å². The molecule has 0 saturated carbocycles. The van der Waals surface area contributed by atoms with E-state index in [-0.39, 0.29) is 6.04 Å². The average Bonchev–Trinajstić information content (AvgIpc) is 2.94. The molecular formula is C25H42N4S. The van der Waals surface area contributed by atoms with Crippen molar-refractivity contribution in [2.75, 3.05) is 19.6 Å². The minimum Gasteiger partial charge on any atom is -0.335 e. The maximum Gasteiger partial charge on any atom is 0.106 e. The SMILES string of the molecule is C=C(CCCCC)SC1=CCC(=NC(C)CCN(CC)C/C(C)=C/C=C\C)NC=N1. The molecule has 0 saturated heterocycles. The lowest BCUT2D eigenvalue weighted by Gasteiger charge is -2.22. The first-order valence-corrected chi connectivity index (χ1v) is 12.2. The number of hydrogen-bond donors (Lipinski definition) is 1. The van der Waals surface area contributed by atoms with E-state index in [1.165, 1.54) is 29.7 Å². The summed E-state index contributed by atoms with van der Waals surface area (Å²) in [4.78, 5) is 13.1. The van der Waals surface area contributed by atoms with Crippen molar-refractivity contribution in [2.24, 2.45) is 9.98 Å². The zero-order valence-electron chi connectivity index (χ0n) is 19.8. The maximum atomic E-state index is 4.89. The third-order valence-corrected chi connectivity index (χ3v) is 5.91. The third kappa shape index (κ3) is 12.2. The first-order valence-electron chi connectivity index (χ1n) is 11.4. The van der Waals surface area contributed by atoms with Gasteiger partial charge in [0.15, 0.2) is 0 Å². The second-order valence-corrected chi connectivity index (χ2v) is 9.07. The van der Waals surface area contributed by atoms with E-state index in [1.54, 1.807) is 18.1 Å². The van der Waals surface area contributed by atoms with Crippen LogP contribution in [-0.4, -0.2) is 42.8 Å². The summed E-state index contributed by atoms with van der Waals surface area (Å²) in [6.07, 6.45) is 16.9. The number of aliphatic imine (C=N–C) groups is 2. The Balaban J connectivity index is 2.50. The molecule has 1 unspecified atom stereocenters. The normalized spacial score (nSPS) is 17.3. The molecule has 1 N–H and O–H groups in total. The number of allylic oxidation sites excluding steroid dienone is 4. The highest BCUT2D eigenvalue weighted by Gasteiger charge is 2.09. The average molecular weight is 431 g/mol. The maximum absolute atomic E-state index is 4.89. The van der Waals surface area contributed by atoms with Gasteiger partial charge in [-0.1, -0.05) is 68.8 Å². The van der Waals surface area contributed by atoms with Gasteiger partial charge in [-0.15, -0.1) is 0 Å². The van der Waals surface area contributed by atoms with Gasteiger partial charge in [-0.25, -0.2) is 4.99 Å². The first kappa shape index (κ1) is 26.4. The van der Waals surface area contributed by atoms with E-state index in [4.69, 9.17) is 4.99 Å². The molecule has 0 amide bonds. The molecule has 0 aromatic rings. The molecule has 0 bridgehead atoms. The third-order valence-electron chi connectivity index (χ3n) is 4.93. The van der Waals surface area contributed by atoms with Crippen molar-refractivity contribution in [1.82, 2.24) is 10.2 Å². The van der Waals surface area contributed by atoms with Gasteiger partial charge in [0.25, 0.3) is 0 Å². The highest BCUT2D eigenvalue weighted by molar-refractivity contribution is 8.06. The van der Waals surface area contributed by atoms with E-state index in [1.807, 2.05) is 0 Å². The van der Waals surface area contributed by atoms with E-state index in [2.05, 4.69) is 80.7 Å². The van der Waals surface area contributed by atoms with Crippen molar-refractivity contribution in [3.8, 4) is 0 Å². The molecule has 1 aliphatic rings. The molecule has 1 atom stereocenters. The largest absolute Gasteiger partial charge is 0.335 e. The minimum atomic E-state index is 0.279. The minimum absolute atomic E-state index is 0.279. The number of thioether (sulfide) groups is 1. The van der Waals surface area contributed by atoms with Crippen molar-refractivity contribution in [3.63, 3.8) is 0 Å². The second-order valence-electron chi connectivity index (χ2n) is 7.87. The fourth-order valence-corrected chi connectivity index (χ4v) is 3.92. The van der Waals surface area contributed by atoms with E-state index in [0.717, 1.165) is 49.8 Å². The summed E-state index contributed by atoms with van der Waals surface area (Å²) < 4.78 is 0. The van der Waals surface area contributed by atoms with Crippen LogP contribution in [0.1, 0.15) is 73.1 Å². The van der Waals surface area contributed by atoms with Crippen molar-refractivity contribution in [1.29, 1.82) is 0 Å². The fraction of sp³-hybridized carbons (Fsp3) is 0.600. The predicted octanol–water partition coefficient (Wildman–Crippen LogP) is 6.70. The number of hydrogen-bond acceptors (Lipinski definition) is 4. The molecule has 0 radical (unpaired) electrons. The Hall–Kier alpha value is -1.59. The smallest absolute Gasteiger partial charge is 0.106 e. The lowest BCUT2D eigenvalue weighted by atomic mass is 10.2. The van der Waals surface area contributed by atoms with Crippen LogP contribution < -0.4 is 5.32 Å². The Bertz CT molecular complexity index is 658. The van der Waals surface area contributed by atoms with Gasteiger partial charge in [-0.2, -0.15) is 0 Å². The van der Waals surface area contributed by atoms with Crippen LogP contribution in [0.15, 0.2) is 56.4 Å². The molecule has 0 fully saturated rings. The summed E-state index contributed by atoms with van der Waals surface area (Å²) in [6, 6.07) is 0.279. The number of rotatable bonds is 14. The second kappa shape index (κ2) is 16.1. The number of amidine groups is 1. The lowest BCUT2D eigenvalue weighted by Crippen LogP contribution is -2.29. The summed E-state index contributed by atoms with van der Waals surface area (Å²) in [5, 5.41) is 4.27. The van der Waals surface area contributed by atoms with Gasteiger partial charge in [-0.3, -0.25) is 9.89 Å². The zero-order chi connectivity index (χ0) is 22.2. The van der Waals surface area contributed by atoms with Gasteiger partial charge >= 0.3 is 0 Å². The Morgan fingerprint density at radius 3 is 2.90 bits per heavy atom. The standard InChI is InChI=1S/C25H42N4S/c1-7-10-12-14-23(6)30-25-16-15-24(26-20-27-25)28-22(5)17-18-29(9-3)19-21(4)13-11-8-2/h8,11,13,16,20,22H,6-7,9-10,12,14-15,17-19H2,1-5H3,(H,26,27,28)/b11-8-,21-13+. The molecule has 1 aliphatic heterocycles. The van der Waals surface area contributed by atoms with Crippen LogP contribution in [0.5, 0.6) is 0 Å².